The molecule has 1 aliphatic rings. The van der Waals surface area contributed by atoms with Gasteiger partial charge >= 0.3 is 5.97 Å². The predicted octanol–water partition coefficient (Wildman–Crippen LogP) is 2.07. The molecule has 0 spiro atoms. The van der Waals surface area contributed by atoms with Gasteiger partial charge in [-0.05, 0) is 31.7 Å². The summed E-state index contributed by atoms with van der Waals surface area (Å²) in [5, 5.41) is 16.5. The highest BCUT2D eigenvalue weighted by molar-refractivity contribution is 8.04. The fourth-order valence-corrected chi connectivity index (χ4v) is 3.32. The molecule has 8 heteroatoms. The first kappa shape index (κ1) is 15.3. The van der Waals surface area contributed by atoms with Crippen LogP contribution >= 0.6 is 11.8 Å². The molecule has 1 aromatic carbocycles. The number of benzene rings is 1. The van der Waals surface area contributed by atoms with Crippen molar-refractivity contribution in [3.63, 3.8) is 0 Å². The second-order valence-electron chi connectivity index (χ2n) is 4.88. The molecule has 3 rings (SSSR count). The van der Waals surface area contributed by atoms with Crippen LogP contribution in [0.15, 0.2) is 34.3 Å². The molecule has 2 heterocycles. The lowest BCUT2D eigenvalue weighted by Gasteiger charge is -2.13. The number of aliphatic carboxylic acids is 1. The number of likely N-dealkylation sites (N-methyl/N-ethyl adjacent to an activating group) is 1. The summed E-state index contributed by atoms with van der Waals surface area (Å²) in [7, 11) is 0. The lowest BCUT2D eigenvalue weighted by molar-refractivity contribution is -0.132. The molecule has 7 nitrogen and oxygen atoms in total. The van der Waals surface area contributed by atoms with Gasteiger partial charge in [0.25, 0.3) is 5.91 Å². The molecule has 2 N–H and O–H groups in total. The molecule has 1 aromatic heterocycles. The van der Waals surface area contributed by atoms with E-state index in [-0.39, 0.29) is 21.5 Å². The van der Waals surface area contributed by atoms with Crippen LogP contribution in [0.25, 0.3) is 5.57 Å². The number of nitrogens with one attached hydrogen (secondary N) is 1. The molecule has 0 aliphatic carbocycles. The minimum Gasteiger partial charge on any atom is -0.477 e. The van der Waals surface area contributed by atoms with Crippen molar-refractivity contribution in [2.75, 3.05) is 11.4 Å². The fourth-order valence-electron chi connectivity index (χ4n) is 2.47. The number of hydrogen-bond acceptors (Lipinski definition) is 5. The van der Waals surface area contributed by atoms with E-state index in [0.717, 1.165) is 17.4 Å². The highest BCUT2D eigenvalue weighted by atomic mass is 32.2. The number of fused-ring (bicyclic) bond motifs is 1. The van der Waals surface area contributed by atoms with E-state index in [1.165, 1.54) is 0 Å². The van der Waals surface area contributed by atoms with Crippen LogP contribution in [0.3, 0.4) is 0 Å². The molecule has 0 bridgehead atoms. The summed E-state index contributed by atoms with van der Waals surface area (Å²) in [6, 6.07) is 7.17. The summed E-state index contributed by atoms with van der Waals surface area (Å²) in [6.07, 6.45) is 0. The number of aromatic amines is 1. The maximum absolute atomic E-state index is 12.7. The second-order valence-corrected chi connectivity index (χ2v) is 5.86. The zero-order chi connectivity index (χ0) is 16.6. The third-order valence-electron chi connectivity index (χ3n) is 3.43. The van der Waals surface area contributed by atoms with Crippen LogP contribution < -0.4 is 4.90 Å². The maximum atomic E-state index is 12.7. The summed E-state index contributed by atoms with van der Waals surface area (Å²) in [6.45, 7) is 4.04. The summed E-state index contributed by atoms with van der Waals surface area (Å²) < 4.78 is 0. The van der Waals surface area contributed by atoms with Crippen LogP contribution in [-0.2, 0) is 9.59 Å². The van der Waals surface area contributed by atoms with Gasteiger partial charge in [-0.15, -0.1) is 5.10 Å². The Labute approximate surface area is 136 Å². The molecule has 0 radical (unpaired) electrons. The van der Waals surface area contributed by atoms with Gasteiger partial charge < -0.3 is 10.0 Å². The molecule has 1 amide bonds. The molecule has 2 aromatic rings. The number of hydrogen-bond donors (Lipinski definition) is 2. The van der Waals surface area contributed by atoms with E-state index in [4.69, 9.17) is 0 Å². The zero-order valence-electron chi connectivity index (χ0n) is 12.5. The number of thioether (sulfide) groups is 1. The number of anilines is 1. The third-order valence-corrected chi connectivity index (χ3v) is 4.38. The molecule has 0 unspecified atom stereocenters. The third kappa shape index (κ3) is 2.61. The largest absolute Gasteiger partial charge is 0.477 e. The van der Waals surface area contributed by atoms with Gasteiger partial charge in [0.2, 0.25) is 5.16 Å². The van der Waals surface area contributed by atoms with E-state index in [0.29, 0.717) is 17.9 Å². The van der Waals surface area contributed by atoms with E-state index < -0.39 is 5.97 Å². The minimum absolute atomic E-state index is 0.0719. The number of rotatable bonds is 4. The average Bonchev–Trinajstić information content (AvgIpc) is 3.05. The lowest BCUT2D eigenvalue weighted by Crippen LogP contribution is -2.26. The maximum Gasteiger partial charge on any atom is 0.343 e. The van der Waals surface area contributed by atoms with Gasteiger partial charge in [0.15, 0.2) is 0 Å². The standard InChI is InChI=1S/C15H14N4O3S/c1-3-19-10-7-5-4-6-9(10)11(13(19)20)12(14(21)22)23-15-16-8(2)17-18-15/h4-7H,3H2,1-2H3,(H,21,22)(H,16,17,18)/b12-11+. The minimum atomic E-state index is -1.17. The molecule has 1 aliphatic heterocycles. The molecular formula is C15H14N4O3S. The van der Waals surface area contributed by atoms with Gasteiger partial charge in [0.1, 0.15) is 10.7 Å². The van der Waals surface area contributed by atoms with E-state index >= 15 is 0 Å². The second kappa shape index (κ2) is 5.88. The zero-order valence-corrected chi connectivity index (χ0v) is 13.3. The normalized spacial score (nSPS) is 15.7. The van der Waals surface area contributed by atoms with Crippen molar-refractivity contribution in [3.05, 3.63) is 40.6 Å². The summed E-state index contributed by atoms with van der Waals surface area (Å²) in [5.41, 5.74) is 1.53. The number of carboxylic acids is 1. The van der Waals surface area contributed by atoms with Crippen molar-refractivity contribution in [2.45, 2.75) is 19.0 Å². The summed E-state index contributed by atoms with van der Waals surface area (Å²) >= 11 is 0.874. The SMILES string of the molecule is CCN1C(=O)/C(=C(/Sc2n[nH]c(C)n2)C(=O)O)c2ccccc21. The van der Waals surface area contributed by atoms with Crippen molar-refractivity contribution in [1.82, 2.24) is 15.2 Å². The lowest BCUT2D eigenvalue weighted by atomic mass is 10.1. The number of carbonyl (C=O) groups excluding carboxylic acids is 1. The number of aromatic nitrogens is 3. The number of carboxylic acid groups (broad SMARTS) is 1. The average molecular weight is 330 g/mol. The van der Waals surface area contributed by atoms with Gasteiger partial charge in [-0.25, -0.2) is 9.78 Å². The molecule has 0 atom stereocenters. The molecule has 0 saturated heterocycles. The highest BCUT2D eigenvalue weighted by Crippen LogP contribution is 2.41. The molecule has 0 fully saturated rings. The number of H-pyrrole nitrogens is 1. The van der Waals surface area contributed by atoms with Gasteiger partial charge in [-0.3, -0.25) is 9.89 Å². The number of para-hydroxylation sites is 1. The van der Waals surface area contributed by atoms with Gasteiger partial charge in [-0.2, -0.15) is 0 Å². The van der Waals surface area contributed by atoms with Crippen molar-refractivity contribution in [3.8, 4) is 0 Å². The fraction of sp³-hybridized carbons (Fsp3) is 0.200. The van der Waals surface area contributed by atoms with Crippen molar-refractivity contribution < 1.29 is 14.7 Å². The van der Waals surface area contributed by atoms with Crippen LogP contribution in [0.4, 0.5) is 5.69 Å². The Morgan fingerprint density at radius 3 is 2.74 bits per heavy atom. The van der Waals surface area contributed by atoms with Crippen LogP contribution in [-0.4, -0.2) is 38.7 Å². The Morgan fingerprint density at radius 2 is 2.13 bits per heavy atom. The molecular weight excluding hydrogens is 316 g/mol. The van der Waals surface area contributed by atoms with Crippen LogP contribution in [0, 0.1) is 6.92 Å². The van der Waals surface area contributed by atoms with Crippen LogP contribution in [0.5, 0.6) is 0 Å². The Morgan fingerprint density at radius 1 is 1.39 bits per heavy atom. The van der Waals surface area contributed by atoms with Crippen molar-refractivity contribution in [1.29, 1.82) is 0 Å². The van der Waals surface area contributed by atoms with Gasteiger partial charge in [0, 0.05) is 12.1 Å². The molecule has 23 heavy (non-hydrogen) atoms. The summed E-state index contributed by atoms with van der Waals surface area (Å²) in [5.74, 6) is -0.907. The van der Waals surface area contributed by atoms with Crippen molar-refractivity contribution >= 4 is 34.9 Å². The van der Waals surface area contributed by atoms with Crippen LogP contribution in [0.2, 0.25) is 0 Å². The number of carbonyl (C=O) groups is 2. The topological polar surface area (TPSA) is 99.2 Å². The predicted molar refractivity (Wildman–Crippen MR) is 86.0 cm³/mol. The Hall–Kier alpha value is -2.61. The van der Waals surface area contributed by atoms with E-state index in [2.05, 4.69) is 15.2 Å². The Kier molecular flexibility index (Phi) is 3.91. The molecule has 0 saturated carbocycles. The first-order valence-corrected chi connectivity index (χ1v) is 7.80. The molecule has 118 valence electrons. The quantitative estimate of drug-likeness (QED) is 0.657. The monoisotopic (exact) mass is 330 g/mol. The van der Waals surface area contributed by atoms with E-state index in [1.54, 1.807) is 24.0 Å². The van der Waals surface area contributed by atoms with Gasteiger partial charge in [0.05, 0.1) is 11.3 Å². The van der Waals surface area contributed by atoms with E-state index in [1.807, 2.05) is 19.1 Å². The number of amides is 1. The Bertz CT molecular complexity index is 828. The first-order valence-electron chi connectivity index (χ1n) is 6.98. The number of aryl methyl sites for hydroxylation is 1. The Balaban J connectivity index is 2.15. The van der Waals surface area contributed by atoms with Crippen molar-refractivity contribution in [2.24, 2.45) is 0 Å². The summed E-state index contributed by atoms with van der Waals surface area (Å²) in [4.78, 5) is 30.0. The van der Waals surface area contributed by atoms with E-state index in [9.17, 15) is 14.7 Å². The smallest absolute Gasteiger partial charge is 0.343 e. The number of nitrogens with zero attached hydrogens (tertiary/aromatic N) is 3. The van der Waals surface area contributed by atoms with Gasteiger partial charge in [-0.1, -0.05) is 18.2 Å². The van der Waals surface area contributed by atoms with Crippen LogP contribution in [0.1, 0.15) is 18.3 Å². The highest BCUT2D eigenvalue weighted by Gasteiger charge is 2.36. The first-order chi connectivity index (χ1) is 11.0.